The number of hydrogen-bond donors (Lipinski definition) is 0. The zero-order valence-electron chi connectivity index (χ0n) is 13.6. The third-order valence-corrected chi connectivity index (χ3v) is 4.88. The van der Waals surface area contributed by atoms with Crippen molar-refractivity contribution in [3.63, 3.8) is 0 Å². The molecule has 0 saturated carbocycles. The molecule has 0 spiro atoms. The molecular weight excluding hydrogens is 405 g/mol. The molecule has 0 unspecified atom stereocenters. The van der Waals surface area contributed by atoms with E-state index in [9.17, 15) is 13.2 Å². The van der Waals surface area contributed by atoms with Crippen molar-refractivity contribution in [2.45, 2.75) is 12.8 Å². The number of rotatable bonds is 4. The van der Waals surface area contributed by atoms with Gasteiger partial charge in [-0.25, -0.2) is 0 Å². The summed E-state index contributed by atoms with van der Waals surface area (Å²) in [4.78, 5) is 0.492. The van der Waals surface area contributed by atoms with Gasteiger partial charge in [0.1, 0.15) is 11.4 Å². The van der Waals surface area contributed by atoms with E-state index in [-0.39, 0.29) is 12.2 Å². The standard InChI is InChI=1S/C15H10ClF3N6OS/c1-24-12(9(16)7-20-24)13-23-25-11(21-22-14(25)27-13)6-8-4-2-3-5-10(8)26-15(17,18)19/h2-5,7H,6H2,1H3. The molecule has 7 nitrogen and oxygen atoms in total. The molecule has 0 aliphatic rings. The SMILES string of the molecule is Cn1ncc(Cl)c1-c1nn2c(Cc3ccccc3OC(F)(F)F)nnc2s1. The van der Waals surface area contributed by atoms with Crippen molar-refractivity contribution in [1.82, 2.24) is 29.6 Å². The summed E-state index contributed by atoms with van der Waals surface area (Å²) in [5, 5.41) is 17.6. The summed E-state index contributed by atoms with van der Waals surface area (Å²) in [6.07, 6.45) is -3.21. The normalized spacial score (nSPS) is 12.0. The fourth-order valence-corrected chi connectivity index (χ4v) is 3.82. The number of nitrogens with zero attached hydrogens (tertiary/aromatic N) is 6. The first-order valence-corrected chi connectivity index (χ1v) is 8.74. The second-order valence-corrected chi connectivity index (χ2v) is 6.88. The van der Waals surface area contributed by atoms with Crippen molar-refractivity contribution in [1.29, 1.82) is 0 Å². The van der Waals surface area contributed by atoms with Gasteiger partial charge in [0.25, 0.3) is 0 Å². The third-order valence-electron chi connectivity index (χ3n) is 3.70. The monoisotopic (exact) mass is 414 g/mol. The Bertz CT molecular complexity index is 1100. The van der Waals surface area contributed by atoms with Gasteiger partial charge in [-0.05, 0) is 6.07 Å². The molecular formula is C15H10ClF3N6OS. The van der Waals surface area contributed by atoms with Crippen molar-refractivity contribution in [3.8, 4) is 16.5 Å². The van der Waals surface area contributed by atoms with Crippen molar-refractivity contribution in [3.05, 3.63) is 46.9 Å². The Balaban J connectivity index is 1.70. The maximum absolute atomic E-state index is 12.6. The van der Waals surface area contributed by atoms with Crippen LogP contribution in [0.4, 0.5) is 13.2 Å². The highest BCUT2D eigenvalue weighted by Crippen LogP contribution is 2.32. The van der Waals surface area contributed by atoms with Crippen LogP contribution >= 0.6 is 22.9 Å². The highest BCUT2D eigenvalue weighted by atomic mass is 35.5. The number of hydrogen-bond acceptors (Lipinski definition) is 6. The van der Waals surface area contributed by atoms with Crippen LogP contribution in [0.5, 0.6) is 5.75 Å². The Morgan fingerprint density at radius 3 is 2.70 bits per heavy atom. The van der Waals surface area contributed by atoms with Crippen molar-refractivity contribution in [2.24, 2.45) is 7.05 Å². The average molecular weight is 415 g/mol. The second-order valence-electron chi connectivity index (χ2n) is 5.51. The third kappa shape index (κ3) is 3.47. The topological polar surface area (TPSA) is 70.1 Å². The minimum absolute atomic E-state index is 0.0652. The first-order chi connectivity index (χ1) is 12.8. The molecule has 140 valence electrons. The van der Waals surface area contributed by atoms with E-state index in [0.29, 0.717) is 32.1 Å². The molecule has 0 bridgehead atoms. The summed E-state index contributed by atoms with van der Waals surface area (Å²) >= 11 is 7.39. The Morgan fingerprint density at radius 2 is 2.00 bits per heavy atom. The van der Waals surface area contributed by atoms with Crippen molar-refractivity contribution in [2.75, 3.05) is 0 Å². The molecule has 3 aromatic heterocycles. The number of alkyl halides is 3. The zero-order valence-corrected chi connectivity index (χ0v) is 15.2. The van der Waals surface area contributed by atoms with Gasteiger partial charge in [-0.1, -0.05) is 41.1 Å². The smallest absolute Gasteiger partial charge is 0.405 e. The van der Waals surface area contributed by atoms with Crippen LogP contribution in [0.3, 0.4) is 0 Å². The van der Waals surface area contributed by atoms with Crippen molar-refractivity contribution < 1.29 is 17.9 Å². The molecule has 0 aliphatic heterocycles. The molecule has 3 heterocycles. The molecule has 0 atom stereocenters. The first-order valence-electron chi connectivity index (χ1n) is 7.54. The second kappa shape index (κ2) is 6.50. The lowest BCUT2D eigenvalue weighted by molar-refractivity contribution is -0.274. The van der Waals surface area contributed by atoms with E-state index in [0.717, 1.165) is 0 Å². The van der Waals surface area contributed by atoms with Crippen LogP contribution in [0.1, 0.15) is 11.4 Å². The van der Waals surface area contributed by atoms with E-state index in [1.165, 1.54) is 40.2 Å². The molecule has 0 amide bonds. The zero-order chi connectivity index (χ0) is 19.2. The predicted molar refractivity (Wildman–Crippen MR) is 91.8 cm³/mol. The lowest BCUT2D eigenvalue weighted by Gasteiger charge is -2.12. The van der Waals surface area contributed by atoms with Crippen molar-refractivity contribution >= 4 is 27.9 Å². The lowest BCUT2D eigenvalue weighted by atomic mass is 10.1. The Hall–Kier alpha value is -2.66. The summed E-state index contributed by atoms with van der Waals surface area (Å²) in [6.45, 7) is 0. The van der Waals surface area contributed by atoms with Crippen LogP contribution in [0.15, 0.2) is 30.5 Å². The summed E-state index contributed by atoms with van der Waals surface area (Å²) in [7, 11) is 1.73. The molecule has 0 fully saturated rings. The number of para-hydroxylation sites is 1. The molecule has 4 rings (SSSR count). The number of halogens is 4. The molecule has 0 radical (unpaired) electrons. The highest BCUT2D eigenvalue weighted by molar-refractivity contribution is 7.19. The Morgan fingerprint density at radius 1 is 1.22 bits per heavy atom. The number of aromatic nitrogens is 6. The van der Waals surface area contributed by atoms with Gasteiger partial charge in [0.05, 0.1) is 11.2 Å². The minimum atomic E-state index is -4.78. The van der Waals surface area contributed by atoms with E-state index in [1.54, 1.807) is 17.8 Å². The quantitative estimate of drug-likeness (QED) is 0.509. The van der Waals surface area contributed by atoms with Gasteiger partial charge in [-0.15, -0.1) is 23.4 Å². The van der Waals surface area contributed by atoms with Crippen LogP contribution in [-0.2, 0) is 13.5 Å². The fraction of sp³-hybridized carbons (Fsp3) is 0.200. The summed E-state index contributed by atoms with van der Waals surface area (Å²) in [6, 6.07) is 5.88. The van der Waals surface area contributed by atoms with Crippen LogP contribution in [0.2, 0.25) is 5.02 Å². The predicted octanol–water partition coefficient (Wildman–Crippen LogP) is 3.73. The number of benzene rings is 1. The molecule has 0 saturated heterocycles. The van der Waals surface area contributed by atoms with Crippen LogP contribution in [0, 0.1) is 0 Å². The van der Waals surface area contributed by atoms with Gasteiger partial charge in [0.2, 0.25) is 4.96 Å². The first kappa shape index (κ1) is 17.7. The number of ether oxygens (including phenoxy) is 1. The molecule has 0 aliphatic carbocycles. The molecule has 4 aromatic rings. The van der Waals surface area contributed by atoms with Gasteiger partial charge in [-0.3, -0.25) is 4.68 Å². The largest absolute Gasteiger partial charge is 0.573 e. The highest BCUT2D eigenvalue weighted by Gasteiger charge is 2.32. The van der Waals surface area contributed by atoms with Crippen LogP contribution in [-0.4, -0.2) is 36.0 Å². The van der Waals surface area contributed by atoms with E-state index < -0.39 is 6.36 Å². The minimum Gasteiger partial charge on any atom is -0.405 e. The lowest BCUT2D eigenvalue weighted by Crippen LogP contribution is -2.18. The van der Waals surface area contributed by atoms with E-state index >= 15 is 0 Å². The van der Waals surface area contributed by atoms with Crippen LogP contribution < -0.4 is 4.74 Å². The van der Waals surface area contributed by atoms with Crippen LogP contribution in [0.25, 0.3) is 15.7 Å². The van der Waals surface area contributed by atoms with E-state index in [2.05, 4.69) is 25.1 Å². The molecule has 12 heteroatoms. The van der Waals surface area contributed by atoms with Gasteiger partial charge in [0, 0.05) is 19.0 Å². The summed E-state index contributed by atoms with van der Waals surface area (Å²) in [5.74, 6) is 0.0934. The van der Waals surface area contributed by atoms with Gasteiger partial charge in [-0.2, -0.15) is 14.7 Å². The Labute approximate surface area is 159 Å². The molecule has 1 aromatic carbocycles. The van der Waals surface area contributed by atoms with Gasteiger partial charge < -0.3 is 4.74 Å². The fourth-order valence-electron chi connectivity index (χ4n) is 2.56. The Kier molecular flexibility index (Phi) is 4.27. The summed E-state index contributed by atoms with van der Waals surface area (Å²) < 4.78 is 45.0. The molecule has 27 heavy (non-hydrogen) atoms. The number of fused-ring (bicyclic) bond motifs is 1. The maximum atomic E-state index is 12.6. The summed E-state index contributed by atoms with van der Waals surface area (Å²) in [5.41, 5.74) is 0.941. The van der Waals surface area contributed by atoms with Gasteiger partial charge >= 0.3 is 6.36 Å². The number of aryl methyl sites for hydroxylation is 1. The average Bonchev–Trinajstić information content (AvgIpc) is 3.24. The van der Waals surface area contributed by atoms with E-state index in [1.807, 2.05) is 0 Å². The maximum Gasteiger partial charge on any atom is 0.573 e. The van der Waals surface area contributed by atoms with E-state index in [4.69, 9.17) is 11.6 Å². The van der Waals surface area contributed by atoms with Gasteiger partial charge in [0.15, 0.2) is 10.8 Å². The molecule has 0 N–H and O–H groups in total.